The van der Waals surface area contributed by atoms with Gasteiger partial charge in [0.2, 0.25) is 0 Å². The van der Waals surface area contributed by atoms with Gasteiger partial charge in [0.15, 0.2) is 0 Å². The lowest BCUT2D eigenvalue weighted by Gasteiger charge is -2.33. The number of aliphatic imine (C=N–C) groups is 1. The van der Waals surface area contributed by atoms with Gasteiger partial charge in [-0.2, -0.15) is 5.26 Å². The summed E-state index contributed by atoms with van der Waals surface area (Å²) in [5, 5.41) is 21.9. The number of benzene rings is 1. The third kappa shape index (κ3) is 4.23. The first-order valence-electron chi connectivity index (χ1n) is 10.6. The van der Waals surface area contributed by atoms with E-state index in [0.717, 1.165) is 30.4 Å². The molecule has 0 aliphatic heterocycles. The zero-order valence-electron chi connectivity index (χ0n) is 18.6. The monoisotopic (exact) mass is 447 g/mol. The molecule has 32 heavy (non-hydrogen) atoms. The first-order valence-corrected chi connectivity index (χ1v) is 11.4. The van der Waals surface area contributed by atoms with Crippen molar-refractivity contribution in [1.29, 1.82) is 5.26 Å². The van der Waals surface area contributed by atoms with Crippen LogP contribution in [-0.2, 0) is 12.8 Å². The molecule has 1 aromatic carbocycles. The van der Waals surface area contributed by atoms with Crippen molar-refractivity contribution in [2.24, 2.45) is 16.3 Å². The topological polar surface area (TPSA) is 92.4 Å². The van der Waals surface area contributed by atoms with Crippen LogP contribution in [0.5, 0.6) is 0 Å². The molecule has 164 valence electrons. The molecule has 3 aromatic rings. The standard InChI is InChI=1S/C25H25N3O3S/c1-15-5-8-19(21(11-15)28(29)30)22-10-7-17(31-22)14-27-24-20(13-26)18-9-6-16(25(2,3)4)12-23(18)32-24/h5,7-8,10-11,14,16H,6,9,12H2,1-4H3/t16-/m0/s1. The van der Waals surface area contributed by atoms with Crippen LogP contribution in [-0.4, -0.2) is 11.1 Å². The Morgan fingerprint density at radius 2 is 2.09 bits per heavy atom. The molecule has 2 aromatic heterocycles. The maximum atomic E-state index is 11.4. The molecule has 0 amide bonds. The van der Waals surface area contributed by atoms with Gasteiger partial charge in [0.05, 0.1) is 22.3 Å². The number of aryl methyl sites for hydroxylation is 1. The second-order valence-electron chi connectivity index (χ2n) is 9.34. The normalized spacial score (nSPS) is 16.2. The molecule has 1 atom stereocenters. The van der Waals surface area contributed by atoms with Gasteiger partial charge in [-0.05, 0) is 66.8 Å². The predicted octanol–water partition coefficient (Wildman–Crippen LogP) is 7.00. The van der Waals surface area contributed by atoms with Crippen molar-refractivity contribution in [3.63, 3.8) is 0 Å². The molecule has 0 saturated carbocycles. The number of nitro groups is 1. The summed E-state index contributed by atoms with van der Waals surface area (Å²) in [6.45, 7) is 8.63. The van der Waals surface area contributed by atoms with Crippen LogP contribution >= 0.6 is 11.3 Å². The highest BCUT2D eigenvalue weighted by Crippen LogP contribution is 2.45. The predicted molar refractivity (Wildman–Crippen MR) is 127 cm³/mol. The zero-order chi connectivity index (χ0) is 23.0. The molecule has 0 saturated heterocycles. The van der Waals surface area contributed by atoms with Gasteiger partial charge in [-0.3, -0.25) is 10.1 Å². The van der Waals surface area contributed by atoms with Crippen LogP contribution < -0.4 is 0 Å². The van der Waals surface area contributed by atoms with Gasteiger partial charge in [0, 0.05) is 10.9 Å². The van der Waals surface area contributed by atoms with E-state index in [4.69, 9.17) is 4.42 Å². The SMILES string of the molecule is Cc1ccc(-c2ccc(C=Nc3sc4c(c3C#N)CC[C@H](C(C)(C)C)C4)o2)c([N+](=O)[O-])c1. The van der Waals surface area contributed by atoms with Crippen molar-refractivity contribution in [3.8, 4) is 17.4 Å². The van der Waals surface area contributed by atoms with Gasteiger partial charge in [-0.25, -0.2) is 4.99 Å². The van der Waals surface area contributed by atoms with E-state index >= 15 is 0 Å². The molecular formula is C25H25N3O3S. The summed E-state index contributed by atoms with van der Waals surface area (Å²) in [4.78, 5) is 16.8. The summed E-state index contributed by atoms with van der Waals surface area (Å²) in [6, 6.07) is 10.8. The van der Waals surface area contributed by atoms with Gasteiger partial charge in [0.1, 0.15) is 22.6 Å². The van der Waals surface area contributed by atoms with Crippen LogP contribution in [0.25, 0.3) is 11.3 Å². The Balaban J connectivity index is 1.61. The average molecular weight is 448 g/mol. The van der Waals surface area contributed by atoms with Crippen LogP contribution in [0.4, 0.5) is 10.7 Å². The Kier molecular flexibility index (Phi) is 5.74. The Labute approximate surface area is 191 Å². The highest BCUT2D eigenvalue weighted by atomic mass is 32.1. The van der Waals surface area contributed by atoms with E-state index in [1.54, 1.807) is 35.8 Å². The van der Waals surface area contributed by atoms with Crippen LogP contribution in [0, 0.1) is 39.7 Å². The molecule has 0 fully saturated rings. The van der Waals surface area contributed by atoms with Crippen molar-refractivity contribution in [2.45, 2.75) is 47.0 Å². The summed E-state index contributed by atoms with van der Waals surface area (Å²) in [5.74, 6) is 1.49. The maximum Gasteiger partial charge on any atom is 0.280 e. The Hall–Kier alpha value is -3.24. The highest BCUT2D eigenvalue weighted by molar-refractivity contribution is 7.16. The Morgan fingerprint density at radius 3 is 2.78 bits per heavy atom. The average Bonchev–Trinajstić information content (AvgIpc) is 3.34. The van der Waals surface area contributed by atoms with Crippen molar-refractivity contribution in [2.75, 3.05) is 0 Å². The summed E-state index contributed by atoms with van der Waals surface area (Å²) in [6.07, 6.45) is 4.56. The third-order valence-corrected chi connectivity index (χ3v) is 7.30. The fourth-order valence-electron chi connectivity index (χ4n) is 4.21. The minimum absolute atomic E-state index is 0.00828. The van der Waals surface area contributed by atoms with E-state index in [1.165, 1.54) is 10.9 Å². The van der Waals surface area contributed by atoms with Crippen molar-refractivity contribution >= 4 is 28.2 Å². The van der Waals surface area contributed by atoms with Crippen LogP contribution in [0.3, 0.4) is 0 Å². The molecule has 4 rings (SSSR count). The van der Waals surface area contributed by atoms with Gasteiger partial charge in [0.25, 0.3) is 5.69 Å². The Bertz CT molecular complexity index is 1250. The van der Waals surface area contributed by atoms with Crippen LogP contribution in [0.15, 0.2) is 39.7 Å². The van der Waals surface area contributed by atoms with Crippen molar-refractivity contribution in [3.05, 3.63) is 67.8 Å². The van der Waals surface area contributed by atoms with Crippen LogP contribution in [0.2, 0.25) is 0 Å². The van der Waals surface area contributed by atoms with Gasteiger partial charge in [-0.1, -0.05) is 26.8 Å². The van der Waals surface area contributed by atoms with E-state index in [0.29, 0.717) is 33.6 Å². The minimum Gasteiger partial charge on any atom is -0.455 e. The largest absolute Gasteiger partial charge is 0.455 e. The molecule has 0 radical (unpaired) electrons. The molecule has 0 N–H and O–H groups in total. The molecule has 2 heterocycles. The number of nitrogens with zero attached hydrogens (tertiary/aromatic N) is 3. The first-order chi connectivity index (χ1) is 15.2. The maximum absolute atomic E-state index is 11.4. The second kappa shape index (κ2) is 8.36. The quantitative estimate of drug-likeness (QED) is 0.244. The smallest absolute Gasteiger partial charge is 0.280 e. The number of thiophene rings is 1. The van der Waals surface area contributed by atoms with Crippen molar-refractivity contribution < 1.29 is 9.34 Å². The molecule has 0 bridgehead atoms. The molecule has 0 spiro atoms. The lowest BCUT2D eigenvalue weighted by atomic mass is 9.72. The minimum atomic E-state index is -0.404. The first kappa shape index (κ1) is 22.0. The van der Waals surface area contributed by atoms with E-state index in [-0.39, 0.29) is 11.1 Å². The number of hydrogen-bond donors (Lipinski definition) is 0. The van der Waals surface area contributed by atoms with Gasteiger partial charge in [-0.15, -0.1) is 11.3 Å². The fraction of sp³-hybridized carbons (Fsp3) is 0.360. The lowest BCUT2D eigenvalue weighted by Crippen LogP contribution is -2.26. The van der Waals surface area contributed by atoms with Crippen LogP contribution in [0.1, 0.15) is 54.5 Å². The van der Waals surface area contributed by atoms with Crippen molar-refractivity contribution in [1.82, 2.24) is 0 Å². The highest BCUT2D eigenvalue weighted by Gasteiger charge is 2.32. The third-order valence-electron chi connectivity index (χ3n) is 6.13. The van der Waals surface area contributed by atoms with Gasteiger partial charge >= 0.3 is 0 Å². The summed E-state index contributed by atoms with van der Waals surface area (Å²) < 4.78 is 5.83. The second-order valence-corrected chi connectivity index (χ2v) is 10.4. The number of furan rings is 1. The molecule has 7 heteroatoms. The molecular weight excluding hydrogens is 422 g/mol. The molecule has 1 aliphatic carbocycles. The summed E-state index contributed by atoms with van der Waals surface area (Å²) in [5.41, 5.74) is 3.29. The zero-order valence-corrected chi connectivity index (χ0v) is 19.5. The van der Waals surface area contributed by atoms with E-state index in [1.807, 2.05) is 13.0 Å². The summed E-state index contributed by atoms with van der Waals surface area (Å²) >= 11 is 1.59. The van der Waals surface area contributed by atoms with Gasteiger partial charge < -0.3 is 4.42 Å². The van der Waals surface area contributed by atoms with E-state index < -0.39 is 4.92 Å². The fourth-order valence-corrected chi connectivity index (χ4v) is 5.43. The van der Waals surface area contributed by atoms with E-state index in [9.17, 15) is 15.4 Å². The van der Waals surface area contributed by atoms with E-state index in [2.05, 4.69) is 31.8 Å². The number of rotatable bonds is 4. The Morgan fingerprint density at radius 1 is 1.31 bits per heavy atom. The molecule has 1 aliphatic rings. The number of nitro benzene ring substituents is 1. The number of hydrogen-bond acceptors (Lipinski definition) is 6. The molecule has 6 nitrogen and oxygen atoms in total. The number of fused-ring (bicyclic) bond motifs is 1. The molecule has 0 unspecified atom stereocenters. The lowest BCUT2D eigenvalue weighted by molar-refractivity contribution is -0.384. The summed E-state index contributed by atoms with van der Waals surface area (Å²) in [7, 11) is 0. The number of nitriles is 1.